The summed E-state index contributed by atoms with van der Waals surface area (Å²) in [6.07, 6.45) is 1.26. The Labute approximate surface area is 62.3 Å². The molecule has 1 aromatic heterocycles. The number of halogens is 2. The molecule has 1 heterocycles. The topological polar surface area (TPSA) is 51.8 Å². The highest BCUT2D eigenvalue weighted by atomic mass is 19.3. The van der Waals surface area contributed by atoms with Crippen molar-refractivity contribution in [2.45, 2.75) is 12.5 Å². The summed E-state index contributed by atoms with van der Waals surface area (Å²) in [4.78, 5) is 7.13. The molecule has 0 amide bonds. The fourth-order valence-corrected chi connectivity index (χ4v) is 0.628. The van der Waals surface area contributed by atoms with Crippen molar-refractivity contribution >= 4 is 0 Å². The Bertz CT molecular complexity index is 214. The molecule has 1 rings (SSSR count). The first-order chi connectivity index (χ1) is 5.22. The number of hydrogen-bond donors (Lipinski definition) is 1. The predicted octanol–water partition coefficient (Wildman–Crippen LogP) is 0.742. The first-order valence-corrected chi connectivity index (χ1v) is 3.00. The maximum Gasteiger partial charge on any atom is 0.257 e. The number of aromatic nitrogens is 2. The van der Waals surface area contributed by atoms with Crippen LogP contribution < -0.4 is 5.73 Å². The van der Waals surface area contributed by atoms with Gasteiger partial charge in [0.05, 0.1) is 6.04 Å². The van der Waals surface area contributed by atoms with E-state index >= 15 is 0 Å². The minimum atomic E-state index is -2.57. The van der Waals surface area contributed by atoms with Crippen molar-refractivity contribution in [1.29, 1.82) is 0 Å². The molecule has 2 N–H and O–H groups in total. The predicted molar refractivity (Wildman–Crippen MR) is 35.0 cm³/mol. The van der Waals surface area contributed by atoms with Gasteiger partial charge in [-0.1, -0.05) is 0 Å². The Morgan fingerprint density at radius 1 is 1.27 bits per heavy atom. The van der Waals surface area contributed by atoms with E-state index in [0.717, 1.165) is 0 Å². The highest BCUT2D eigenvalue weighted by Gasteiger charge is 2.17. The largest absolute Gasteiger partial charge is 0.319 e. The lowest BCUT2D eigenvalue weighted by Gasteiger charge is -2.07. The van der Waals surface area contributed by atoms with Gasteiger partial charge >= 0.3 is 0 Å². The molecule has 0 saturated carbocycles. The Hall–Kier alpha value is -1.10. The van der Waals surface area contributed by atoms with Crippen molar-refractivity contribution in [3.8, 4) is 0 Å². The van der Waals surface area contributed by atoms with Crippen LogP contribution in [0.4, 0.5) is 8.78 Å². The fourth-order valence-electron chi connectivity index (χ4n) is 0.628. The van der Waals surface area contributed by atoms with E-state index in [0.29, 0.717) is 0 Å². The summed E-state index contributed by atoms with van der Waals surface area (Å²) in [5.41, 5.74) is 5.36. The first kappa shape index (κ1) is 8.00. The molecule has 0 aromatic carbocycles. The van der Waals surface area contributed by atoms with Crippen molar-refractivity contribution in [3.05, 3.63) is 24.3 Å². The maximum atomic E-state index is 11.9. The highest BCUT2D eigenvalue weighted by Crippen LogP contribution is 2.14. The average molecular weight is 159 g/mol. The molecule has 11 heavy (non-hydrogen) atoms. The van der Waals surface area contributed by atoms with Crippen LogP contribution >= 0.6 is 0 Å². The van der Waals surface area contributed by atoms with Crippen LogP contribution in [0.25, 0.3) is 0 Å². The van der Waals surface area contributed by atoms with E-state index in [-0.39, 0.29) is 5.56 Å². The minimum Gasteiger partial charge on any atom is -0.319 e. The van der Waals surface area contributed by atoms with Crippen LogP contribution in [0.3, 0.4) is 0 Å². The molecule has 0 aliphatic carbocycles. The van der Waals surface area contributed by atoms with E-state index in [4.69, 9.17) is 5.73 Å². The summed E-state index contributed by atoms with van der Waals surface area (Å²) in [5.74, 6) is 0. The van der Waals surface area contributed by atoms with Crippen LogP contribution in [-0.4, -0.2) is 16.4 Å². The Balaban J connectivity index is 2.77. The van der Waals surface area contributed by atoms with Gasteiger partial charge in [-0.2, -0.15) is 0 Å². The van der Waals surface area contributed by atoms with Crippen LogP contribution in [0.1, 0.15) is 11.6 Å². The summed E-state index contributed by atoms with van der Waals surface area (Å²) in [7, 11) is 0. The van der Waals surface area contributed by atoms with Crippen molar-refractivity contribution in [3.63, 3.8) is 0 Å². The van der Waals surface area contributed by atoms with Gasteiger partial charge in [-0.3, -0.25) is 0 Å². The SMILES string of the molecule is NC(c1cncnc1)C(F)F. The zero-order valence-electron chi connectivity index (χ0n) is 5.61. The molecule has 60 valence electrons. The van der Waals surface area contributed by atoms with Gasteiger partial charge < -0.3 is 5.73 Å². The average Bonchev–Trinajstić information content (AvgIpc) is 2.05. The molecular formula is C6H7F2N3. The molecule has 0 aliphatic heterocycles. The second-order valence-electron chi connectivity index (χ2n) is 2.03. The van der Waals surface area contributed by atoms with Crippen LogP contribution in [0.2, 0.25) is 0 Å². The van der Waals surface area contributed by atoms with Gasteiger partial charge in [0.15, 0.2) is 0 Å². The lowest BCUT2D eigenvalue weighted by molar-refractivity contribution is 0.116. The van der Waals surface area contributed by atoms with Gasteiger partial charge in [0, 0.05) is 18.0 Å². The molecule has 3 nitrogen and oxygen atoms in total. The van der Waals surface area contributed by atoms with Crippen molar-refractivity contribution < 1.29 is 8.78 Å². The third-order valence-corrected chi connectivity index (χ3v) is 1.24. The third-order valence-electron chi connectivity index (χ3n) is 1.24. The van der Waals surface area contributed by atoms with E-state index in [9.17, 15) is 8.78 Å². The van der Waals surface area contributed by atoms with Crippen molar-refractivity contribution in [2.75, 3.05) is 0 Å². The van der Waals surface area contributed by atoms with Crippen molar-refractivity contribution in [1.82, 2.24) is 9.97 Å². The lowest BCUT2D eigenvalue weighted by atomic mass is 10.2. The molecular weight excluding hydrogens is 152 g/mol. The monoisotopic (exact) mass is 159 g/mol. The zero-order valence-corrected chi connectivity index (χ0v) is 5.61. The number of rotatable bonds is 2. The van der Waals surface area contributed by atoms with Gasteiger partial charge in [0.2, 0.25) is 0 Å². The fraction of sp³-hybridized carbons (Fsp3) is 0.333. The molecule has 0 aliphatic rings. The molecule has 1 aromatic rings. The van der Waals surface area contributed by atoms with Gasteiger partial charge in [0.1, 0.15) is 6.33 Å². The highest BCUT2D eigenvalue weighted by molar-refractivity contribution is 5.08. The van der Waals surface area contributed by atoms with Gasteiger partial charge in [-0.15, -0.1) is 0 Å². The number of nitrogens with zero attached hydrogens (tertiary/aromatic N) is 2. The minimum absolute atomic E-state index is 0.252. The third kappa shape index (κ3) is 1.91. The first-order valence-electron chi connectivity index (χ1n) is 3.00. The van der Waals surface area contributed by atoms with Crippen LogP contribution in [0.15, 0.2) is 18.7 Å². The second kappa shape index (κ2) is 3.34. The summed E-state index contributed by atoms with van der Waals surface area (Å²) >= 11 is 0. The maximum absolute atomic E-state index is 11.9. The Kier molecular flexibility index (Phi) is 2.43. The molecule has 1 atom stereocenters. The van der Waals surface area contributed by atoms with E-state index in [1.165, 1.54) is 18.7 Å². The summed E-state index contributed by atoms with van der Waals surface area (Å²) in [6.45, 7) is 0. The van der Waals surface area contributed by atoms with Crippen LogP contribution in [-0.2, 0) is 0 Å². The molecule has 0 spiro atoms. The van der Waals surface area contributed by atoms with Gasteiger partial charge in [-0.25, -0.2) is 18.7 Å². The number of alkyl halides is 2. The molecule has 0 saturated heterocycles. The molecule has 0 fully saturated rings. The van der Waals surface area contributed by atoms with Gasteiger partial charge in [-0.05, 0) is 0 Å². The number of hydrogen-bond acceptors (Lipinski definition) is 3. The van der Waals surface area contributed by atoms with Gasteiger partial charge in [0.25, 0.3) is 6.43 Å². The second-order valence-corrected chi connectivity index (χ2v) is 2.03. The Morgan fingerprint density at radius 3 is 2.27 bits per heavy atom. The van der Waals surface area contributed by atoms with Crippen molar-refractivity contribution in [2.24, 2.45) is 5.73 Å². The Morgan fingerprint density at radius 2 is 1.82 bits per heavy atom. The van der Waals surface area contributed by atoms with Crippen LogP contribution in [0, 0.1) is 0 Å². The molecule has 0 bridgehead atoms. The van der Waals surface area contributed by atoms with E-state index in [1.54, 1.807) is 0 Å². The van der Waals surface area contributed by atoms with E-state index in [2.05, 4.69) is 9.97 Å². The zero-order chi connectivity index (χ0) is 8.27. The van der Waals surface area contributed by atoms with E-state index < -0.39 is 12.5 Å². The quantitative estimate of drug-likeness (QED) is 0.692. The number of nitrogens with two attached hydrogens (primary N) is 1. The smallest absolute Gasteiger partial charge is 0.257 e. The lowest BCUT2D eigenvalue weighted by Crippen LogP contribution is -2.19. The van der Waals surface area contributed by atoms with E-state index in [1.807, 2.05) is 0 Å². The molecule has 1 unspecified atom stereocenters. The van der Waals surface area contributed by atoms with Crippen LogP contribution in [0.5, 0.6) is 0 Å². The molecule has 5 heteroatoms. The summed E-state index contributed by atoms with van der Waals surface area (Å²) < 4.78 is 23.9. The summed E-state index contributed by atoms with van der Waals surface area (Å²) in [6, 6.07) is -1.28. The molecule has 0 radical (unpaired) electrons. The summed E-state index contributed by atoms with van der Waals surface area (Å²) in [5, 5.41) is 0. The normalized spacial score (nSPS) is 13.5. The standard InChI is InChI=1S/C6H7F2N3/c7-6(8)5(9)4-1-10-3-11-2-4/h1-3,5-6H,9H2.